The molecule has 0 aliphatic carbocycles. The van der Waals surface area contributed by atoms with E-state index in [1.54, 1.807) is 0 Å². The zero-order chi connectivity index (χ0) is 2.71. The van der Waals surface area contributed by atoms with Crippen molar-refractivity contribution in [2.45, 2.75) is 0 Å². The van der Waals surface area contributed by atoms with E-state index < -0.39 is 15.5 Å². The van der Waals surface area contributed by atoms with Crippen molar-refractivity contribution in [2.24, 2.45) is 0 Å². The normalized spacial score (nSPS) is 1.60. The second-order valence-corrected chi connectivity index (χ2v) is 0.316. The topological polar surface area (TPSA) is 37.3 Å². The molecule has 0 amide bonds. The summed E-state index contributed by atoms with van der Waals surface area (Å²) in [6.07, 6.45) is 0. The molecule has 5 heavy (non-hydrogen) atoms. The predicted molar refractivity (Wildman–Crippen MR) is 25.7 cm³/mol. The van der Waals surface area contributed by atoms with Crippen LogP contribution in [-0.2, 0) is 3.80 Å². The van der Waals surface area contributed by atoms with E-state index in [9.17, 15) is 0 Å². The molecule has 1 N–H and O–H groups in total. The number of rotatable bonds is 0. The van der Waals surface area contributed by atoms with Crippen LogP contribution in [0.5, 0.6) is 0 Å². The molecule has 0 heterocycles. The van der Waals surface area contributed by atoms with Crippen molar-refractivity contribution in [1.29, 1.82) is 0 Å². The Hall–Kier alpha value is 1.20. The second-order valence-electron chi connectivity index (χ2n) is 0.105. The second kappa shape index (κ2) is 19.0. The van der Waals surface area contributed by atoms with Crippen LogP contribution in [0, 0.1) is 0 Å². The van der Waals surface area contributed by atoms with E-state index in [1.807, 2.05) is 0 Å². The van der Waals surface area contributed by atoms with E-state index in [0.717, 1.165) is 0 Å². The van der Waals surface area contributed by atoms with Crippen molar-refractivity contribution >= 4 is 53.5 Å². The summed E-state index contributed by atoms with van der Waals surface area (Å²) in [6, 6.07) is 0. The molecule has 0 radical (unpaired) electrons. The fraction of sp³-hybridized carbons (Fsp3) is 0. The Morgan fingerprint density at radius 2 is 1.60 bits per heavy atom. The third-order valence-electron chi connectivity index (χ3n) is 0. The van der Waals surface area contributed by atoms with Crippen LogP contribution < -0.4 is 0 Å². The van der Waals surface area contributed by atoms with Gasteiger partial charge in [-0.1, -0.05) is 0 Å². The summed E-state index contributed by atoms with van der Waals surface area (Å²) in [7, 11) is 0. The van der Waals surface area contributed by atoms with Gasteiger partial charge in [0.05, 0.1) is 8.41 Å². The van der Waals surface area contributed by atoms with Gasteiger partial charge in [0.25, 0.3) is 0 Å². The average Bonchev–Trinajstić information content (AvgIpc) is 0.918. The van der Waals surface area contributed by atoms with Crippen LogP contribution in [0.15, 0.2) is 0 Å². The molecule has 0 saturated carbocycles. The maximum atomic E-state index is 8.57. The van der Waals surface area contributed by atoms with E-state index in [2.05, 4.69) is 0 Å². The summed E-state index contributed by atoms with van der Waals surface area (Å²) in [6.45, 7) is 0. The molecule has 0 aromatic heterocycles. The van der Waals surface area contributed by atoms with Crippen LogP contribution in [0.25, 0.3) is 0 Å². The summed E-state index contributed by atoms with van der Waals surface area (Å²) in [5.41, 5.74) is 0. The van der Waals surface area contributed by atoms with Gasteiger partial charge in [0.2, 0.25) is 0 Å². The molecule has 0 aliphatic rings. The molecule has 0 aromatic rings. The van der Waals surface area contributed by atoms with Gasteiger partial charge < -0.3 is 0 Å². The van der Waals surface area contributed by atoms with Gasteiger partial charge in [0.15, 0.2) is 0 Å². The van der Waals surface area contributed by atoms with Crippen molar-refractivity contribution in [3.8, 4) is 0 Å². The minimum atomic E-state index is -1.50. The molecule has 2 nitrogen and oxygen atoms in total. The van der Waals surface area contributed by atoms with Crippen LogP contribution in [0.3, 0.4) is 0 Å². The summed E-state index contributed by atoms with van der Waals surface area (Å²) in [4.78, 5) is 0. The molecule has 0 unspecified atom stereocenters. The Labute approximate surface area is 61.1 Å². The Morgan fingerprint density at radius 3 is 1.60 bits per heavy atom. The third-order valence-corrected chi connectivity index (χ3v) is 0. The van der Waals surface area contributed by atoms with Gasteiger partial charge in [-0.25, -0.2) is 0 Å². The molecule has 0 saturated heterocycles. The first-order chi connectivity index (χ1) is 1.41. The summed E-state index contributed by atoms with van der Waals surface area (Å²) in [5.74, 6) is 0. The van der Waals surface area contributed by atoms with Gasteiger partial charge in [-0.3, -0.25) is 0 Å². The van der Waals surface area contributed by atoms with Crippen molar-refractivity contribution < 1.29 is 7.96 Å². The Balaban J connectivity index is -0.0000000200. The summed E-state index contributed by atoms with van der Waals surface area (Å²) >= 11 is -1.50. The van der Waals surface area contributed by atoms with Crippen LogP contribution in [0.2, 0.25) is 0 Å². The molecule has 0 atom stereocenters. The zero-order valence-electron chi connectivity index (χ0n) is 1.43. The molecule has 0 spiro atoms. The van der Waals surface area contributed by atoms with Crippen molar-refractivity contribution in [1.82, 2.24) is 0 Å². The average molecular weight is 97.8 g/mol. The monoisotopic (exact) mass is 98.0 g/mol. The quantitative estimate of drug-likeness (QED) is 0.330. The fourth-order valence-electron chi connectivity index (χ4n) is 0. The molecule has 0 fully saturated rings. The molecule has 5 heteroatoms. The van der Waals surface area contributed by atoms with Crippen molar-refractivity contribution in [3.63, 3.8) is 0 Å². The van der Waals surface area contributed by atoms with Gasteiger partial charge >= 0.3 is 53.0 Å². The molecule has 0 aromatic carbocycles. The van der Waals surface area contributed by atoms with E-state index >= 15 is 0 Å². The van der Waals surface area contributed by atoms with Crippen LogP contribution in [0.4, 0.5) is 0 Å². The van der Waals surface area contributed by atoms with E-state index in [4.69, 9.17) is 7.96 Å². The van der Waals surface area contributed by atoms with Crippen molar-refractivity contribution in [3.05, 3.63) is 0 Å². The Morgan fingerprint density at radius 1 is 1.60 bits per heavy atom. The van der Waals surface area contributed by atoms with E-state index in [-0.39, 0.29) is 38.0 Å². The molecule has 0 aliphatic heterocycles. The third kappa shape index (κ3) is 37.1. The Kier molecular flexibility index (Phi) is 62.1. The minimum absolute atomic E-state index is 0. The molecule has 0 rings (SSSR count). The molecule has 0 bridgehead atoms. The van der Waals surface area contributed by atoms with Crippen LogP contribution >= 0.6 is 0 Å². The van der Waals surface area contributed by atoms with Gasteiger partial charge in [-0.05, 0) is 0 Å². The molecular weight excluding hydrogens is 92.8 g/mol. The Bertz CT molecular complexity index is 17.1. The van der Waals surface area contributed by atoms with E-state index in [0.29, 0.717) is 0 Å². The molecular formula is H5AlBNaO2. The summed E-state index contributed by atoms with van der Waals surface area (Å²) in [5, 5.41) is 0. The SMILES string of the molecule is B.[NaH].[O]=[Al][OH]. The van der Waals surface area contributed by atoms with Gasteiger partial charge in [0, 0.05) is 0 Å². The van der Waals surface area contributed by atoms with Gasteiger partial charge in [-0.15, -0.1) is 0 Å². The van der Waals surface area contributed by atoms with Crippen molar-refractivity contribution in [2.75, 3.05) is 0 Å². The standard InChI is InChI=1S/Al.BH3.Na.H2O.O.H/h;1H3;;1H2;;/q+1;;;;;/p-1. The molecule has 24 valence electrons. The first-order valence-electron chi connectivity index (χ1n) is 0.494. The zero-order valence-corrected chi connectivity index (χ0v) is 2.59. The number of hydrogen-bond acceptors (Lipinski definition) is 1. The van der Waals surface area contributed by atoms with Gasteiger partial charge in [0.1, 0.15) is 0 Å². The summed E-state index contributed by atoms with van der Waals surface area (Å²) < 4.78 is 15.7. The van der Waals surface area contributed by atoms with Crippen LogP contribution in [-0.4, -0.2) is 57.6 Å². The fourth-order valence-corrected chi connectivity index (χ4v) is 0. The van der Waals surface area contributed by atoms with Crippen LogP contribution in [0.1, 0.15) is 0 Å². The predicted octanol–water partition coefficient (Wildman–Crippen LogP) is -2.89. The number of hydrogen-bond donors (Lipinski definition) is 1. The first kappa shape index (κ1) is 16.4. The van der Waals surface area contributed by atoms with Gasteiger partial charge in [-0.2, -0.15) is 0 Å². The van der Waals surface area contributed by atoms with E-state index in [1.165, 1.54) is 0 Å². The first-order valence-corrected chi connectivity index (χ1v) is 1.48. The maximum absolute atomic E-state index is 8.57.